The molecule has 20 heavy (non-hydrogen) atoms. The van der Waals surface area contributed by atoms with Gasteiger partial charge in [0.1, 0.15) is 0 Å². The SMILES string of the molecule is CCC(C#N)S(=O)(=O)N1CCc2ccccc2C1CN. The monoisotopic (exact) mass is 293 g/mol. The van der Waals surface area contributed by atoms with Crippen molar-refractivity contribution in [2.45, 2.75) is 31.1 Å². The Morgan fingerprint density at radius 3 is 2.80 bits per heavy atom. The summed E-state index contributed by atoms with van der Waals surface area (Å²) in [5.41, 5.74) is 7.89. The van der Waals surface area contributed by atoms with Crippen molar-refractivity contribution >= 4 is 10.0 Å². The number of sulfonamides is 1. The van der Waals surface area contributed by atoms with Gasteiger partial charge in [-0.05, 0) is 24.0 Å². The molecule has 1 aromatic rings. The minimum Gasteiger partial charge on any atom is -0.329 e. The van der Waals surface area contributed by atoms with Crippen molar-refractivity contribution < 1.29 is 8.42 Å². The first kappa shape index (κ1) is 15.0. The first-order valence-electron chi connectivity index (χ1n) is 6.74. The molecule has 0 aliphatic carbocycles. The number of nitrogens with two attached hydrogens (primary N) is 1. The zero-order valence-electron chi connectivity index (χ0n) is 11.5. The van der Waals surface area contributed by atoms with Crippen molar-refractivity contribution in [3.05, 3.63) is 35.4 Å². The van der Waals surface area contributed by atoms with Gasteiger partial charge in [0.25, 0.3) is 0 Å². The van der Waals surface area contributed by atoms with Crippen molar-refractivity contribution in [1.29, 1.82) is 5.26 Å². The second-order valence-corrected chi connectivity index (χ2v) is 6.95. The van der Waals surface area contributed by atoms with Gasteiger partial charge in [0.05, 0.1) is 12.1 Å². The average molecular weight is 293 g/mol. The predicted molar refractivity (Wildman–Crippen MR) is 77.3 cm³/mol. The third-order valence-electron chi connectivity index (χ3n) is 3.79. The molecule has 0 amide bonds. The van der Waals surface area contributed by atoms with Gasteiger partial charge in [0.2, 0.25) is 10.0 Å². The Morgan fingerprint density at radius 2 is 2.20 bits per heavy atom. The standard InChI is InChI=1S/C14H19N3O2S/c1-2-12(9-15)20(18,19)17-8-7-11-5-3-4-6-13(11)14(17)10-16/h3-6,12,14H,2,7-8,10,16H2,1H3. The van der Waals surface area contributed by atoms with Crippen LogP contribution < -0.4 is 5.73 Å². The molecule has 1 aliphatic rings. The van der Waals surface area contributed by atoms with Gasteiger partial charge in [-0.2, -0.15) is 9.57 Å². The van der Waals surface area contributed by atoms with Gasteiger partial charge >= 0.3 is 0 Å². The first-order chi connectivity index (χ1) is 9.56. The second-order valence-electron chi connectivity index (χ2n) is 4.88. The number of nitrogens with zero attached hydrogens (tertiary/aromatic N) is 2. The van der Waals surface area contributed by atoms with Crippen LogP contribution in [-0.2, 0) is 16.4 Å². The second kappa shape index (κ2) is 5.92. The largest absolute Gasteiger partial charge is 0.329 e. The smallest absolute Gasteiger partial charge is 0.231 e. The van der Waals surface area contributed by atoms with E-state index < -0.39 is 15.3 Å². The van der Waals surface area contributed by atoms with Crippen LogP contribution in [-0.4, -0.2) is 31.1 Å². The Morgan fingerprint density at radius 1 is 1.50 bits per heavy atom. The molecule has 108 valence electrons. The van der Waals surface area contributed by atoms with E-state index in [9.17, 15) is 8.42 Å². The van der Waals surface area contributed by atoms with Crippen molar-refractivity contribution in [2.24, 2.45) is 5.73 Å². The van der Waals surface area contributed by atoms with Crippen molar-refractivity contribution in [2.75, 3.05) is 13.1 Å². The number of nitriles is 1. The highest BCUT2D eigenvalue weighted by Crippen LogP contribution is 2.32. The van der Waals surface area contributed by atoms with Gasteiger partial charge < -0.3 is 5.73 Å². The molecule has 0 fully saturated rings. The van der Waals surface area contributed by atoms with Gasteiger partial charge in [0, 0.05) is 13.1 Å². The number of hydrogen-bond donors (Lipinski definition) is 1. The highest BCUT2D eigenvalue weighted by Gasteiger charge is 2.38. The Bertz CT molecular complexity index is 622. The van der Waals surface area contributed by atoms with Gasteiger partial charge in [0.15, 0.2) is 5.25 Å². The van der Waals surface area contributed by atoms with Gasteiger partial charge in [-0.15, -0.1) is 0 Å². The molecule has 0 radical (unpaired) electrons. The Labute approximate surface area is 120 Å². The van der Waals surface area contributed by atoms with E-state index >= 15 is 0 Å². The highest BCUT2D eigenvalue weighted by molar-refractivity contribution is 7.90. The van der Waals surface area contributed by atoms with Crippen molar-refractivity contribution in [1.82, 2.24) is 4.31 Å². The zero-order valence-corrected chi connectivity index (χ0v) is 12.3. The predicted octanol–water partition coefficient (Wildman–Crippen LogP) is 1.18. The average Bonchev–Trinajstić information content (AvgIpc) is 2.46. The van der Waals surface area contributed by atoms with Crippen molar-refractivity contribution in [3.63, 3.8) is 0 Å². The molecule has 5 nitrogen and oxygen atoms in total. The lowest BCUT2D eigenvalue weighted by Crippen LogP contribution is -2.46. The molecule has 1 aliphatic heterocycles. The van der Waals surface area contributed by atoms with Gasteiger partial charge in [-0.1, -0.05) is 31.2 Å². The minimum absolute atomic E-state index is 0.220. The molecule has 0 saturated heterocycles. The molecule has 0 saturated carbocycles. The maximum absolute atomic E-state index is 12.6. The van der Waals surface area contributed by atoms with E-state index in [1.165, 1.54) is 4.31 Å². The molecule has 2 N–H and O–H groups in total. The number of fused-ring (bicyclic) bond motifs is 1. The summed E-state index contributed by atoms with van der Waals surface area (Å²) >= 11 is 0. The topological polar surface area (TPSA) is 87.2 Å². The minimum atomic E-state index is -3.64. The lowest BCUT2D eigenvalue weighted by atomic mass is 9.94. The summed E-state index contributed by atoms with van der Waals surface area (Å²) in [4.78, 5) is 0. The summed E-state index contributed by atoms with van der Waals surface area (Å²) in [7, 11) is -3.64. The molecule has 2 unspecified atom stereocenters. The van der Waals surface area contributed by atoms with Crippen LogP contribution in [0.1, 0.15) is 30.5 Å². The maximum atomic E-state index is 12.6. The quantitative estimate of drug-likeness (QED) is 0.903. The Kier molecular flexibility index (Phi) is 4.43. The summed E-state index contributed by atoms with van der Waals surface area (Å²) in [6, 6.07) is 9.27. The first-order valence-corrected chi connectivity index (χ1v) is 8.24. The van der Waals surface area contributed by atoms with Crippen LogP contribution in [0.5, 0.6) is 0 Å². The third kappa shape index (κ3) is 2.44. The van der Waals surface area contributed by atoms with Crippen molar-refractivity contribution in [3.8, 4) is 6.07 Å². The maximum Gasteiger partial charge on any atom is 0.231 e. The van der Waals surface area contributed by atoms with Crippen LogP contribution in [0.2, 0.25) is 0 Å². The summed E-state index contributed by atoms with van der Waals surface area (Å²) in [6.07, 6.45) is 0.946. The fraction of sp³-hybridized carbons (Fsp3) is 0.500. The molecular weight excluding hydrogens is 274 g/mol. The normalized spacial score (nSPS) is 20.9. The number of benzene rings is 1. The van der Waals surface area contributed by atoms with Crippen LogP contribution in [0.3, 0.4) is 0 Å². The summed E-state index contributed by atoms with van der Waals surface area (Å²) in [6.45, 7) is 2.32. The van der Waals surface area contributed by atoms with Crippen LogP contribution in [0, 0.1) is 11.3 Å². The lowest BCUT2D eigenvalue weighted by Gasteiger charge is -2.36. The molecule has 1 aromatic carbocycles. The number of rotatable bonds is 4. The van der Waals surface area contributed by atoms with Crippen LogP contribution in [0.15, 0.2) is 24.3 Å². The van der Waals surface area contributed by atoms with E-state index in [1.54, 1.807) is 6.92 Å². The molecule has 1 heterocycles. The molecule has 0 spiro atoms. The third-order valence-corrected chi connectivity index (χ3v) is 6.04. The van der Waals surface area contributed by atoms with E-state index in [1.807, 2.05) is 30.3 Å². The van der Waals surface area contributed by atoms with E-state index in [2.05, 4.69) is 0 Å². The van der Waals surface area contributed by atoms with Gasteiger partial charge in [-0.25, -0.2) is 8.42 Å². The highest BCUT2D eigenvalue weighted by atomic mass is 32.2. The molecule has 2 atom stereocenters. The molecular formula is C14H19N3O2S. The van der Waals surface area contributed by atoms with E-state index in [0.29, 0.717) is 13.0 Å². The van der Waals surface area contributed by atoms with E-state index in [-0.39, 0.29) is 19.0 Å². The van der Waals surface area contributed by atoms with Crippen LogP contribution in [0.25, 0.3) is 0 Å². The molecule has 0 bridgehead atoms. The summed E-state index contributed by atoms with van der Waals surface area (Å²) < 4.78 is 26.6. The summed E-state index contributed by atoms with van der Waals surface area (Å²) in [5.74, 6) is 0. The van der Waals surface area contributed by atoms with Crippen LogP contribution >= 0.6 is 0 Å². The zero-order chi connectivity index (χ0) is 14.8. The molecule has 6 heteroatoms. The lowest BCUT2D eigenvalue weighted by molar-refractivity contribution is 0.311. The molecule has 2 rings (SSSR count). The Balaban J connectivity index is 2.43. The van der Waals surface area contributed by atoms with E-state index in [0.717, 1.165) is 11.1 Å². The fourth-order valence-electron chi connectivity index (χ4n) is 2.71. The molecule has 0 aromatic heterocycles. The van der Waals surface area contributed by atoms with Gasteiger partial charge in [-0.3, -0.25) is 0 Å². The summed E-state index contributed by atoms with van der Waals surface area (Å²) in [5, 5.41) is 8.06. The Hall–Kier alpha value is -1.42. The van der Waals surface area contributed by atoms with E-state index in [4.69, 9.17) is 11.0 Å². The van der Waals surface area contributed by atoms with Crippen LogP contribution in [0.4, 0.5) is 0 Å². The fourth-order valence-corrected chi connectivity index (χ4v) is 4.49. The number of hydrogen-bond acceptors (Lipinski definition) is 4.